The summed E-state index contributed by atoms with van der Waals surface area (Å²) in [5, 5.41) is 0. The zero-order valence-electron chi connectivity index (χ0n) is 9.43. The lowest BCUT2D eigenvalue weighted by molar-refractivity contribution is -0.149. The summed E-state index contributed by atoms with van der Waals surface area (Å²) in [6, 6.07) is 0. The lowest BCUT2D eigenvalue weighted by Crippen LogP contribution is -2.46. The van der Waals surface area contributed by atoms with Crippen LogP contribution in [0.25, 0.3) is 0 Å². The van der Waals surface area contributed by atoms with Gasteiger partial charge in [-0.1, -0.05) is 27.4 Å². The van der Waals surface area contributed by atoms with E-state index in [1.54, 1.807) is 0 Å². The van der Waals surface area contributed by atoms with Crippen LogP contribution in [0.3, 0.4) is 0 Å². The Labute approximate surface area is 86.3 Å². The first-order chi connectivity index (χ1) is 6.43. The molecule has 0 radical (unpaired) electrons. The third-order valence-electron chi connectivity index (χ3n) is 3.14. The predicted octanol–water partition coefficient (Wildman–Crippen LogP) is 2.93. The minimum atomic E-state index is -0.303. The molecule has 1 saturated carbocycles. The average Bonchev–Trinajstić information content (AvgIpc) is 2.10. The van der Waals surface area contributed by atoms with Crippen molar-refractivity contribution >= 4 is 5.97 Å². The summed E-state index contributed by atoms with van der Waals surface area (Å²) in [5.74, 6) is -0.303. The SMILES string of the molecule is C=CC(=O)OCC1(CC)CC(C)(C)C1. The van der Waals surface area contributed by atoms with Gasteiger partial charge in [0.15, 0.2) is 0 Å². The van der Waals surface area contributed by atoms with Gasteiger partial charge >= 0.3 is 5.97 Å². The van der Waals surface area contributed by atoms with E-state index in [2.05, 4.69) is 27.4 Å². The minimum Gasteiger partial charge on any atom is -0.462 e. The molecule has 0 unspecified atom stereocenters. The number of hydrogen-bond donors (Lipinski definition) is 0. The Balaban J connectivity index is 2.42. The third-order valence-corrected chi connectivity index (χ3v) is 3.14. The molecule has 0 heterocycles. The molecule has 0 aliphatic heterocycles. The molecular weight excluding hydrogens is 176 g/mol. The van der Waals surface area contributed by atoms with E-state index in [-0.39, 0.29) is 11.4 Å². The van der Waals surface area contributed by atoms with E-state index < -0.39 is 0 Å². The van der Waals surface area contributed by atoms with E-state index in [0.29, 0.717) is 12.0 Å². The van der Waals surface area contributed by atoms with Crippen molar-refractivity contribution in [2.45, 2.75) is 40.0 Å². The zero-order chi connectivity index (χ0) is 10.8. The molecular formula is C12H20O2. The van der Waals surface area contributed by atoms with Gasteiger partial charge in [0.1, 0.15) is 0 Å². The maximum Gasteiger partial charge on any atom is 0.330 e. The molecule has 14 heavy (non-hydrogen) atoms. The molecule has 0 amide bonds. The Morgan fingerprint density at radius 2 is 2.07 bits per heavy atom. The second-order valence-corrected chi connectivity index (χ2v) is 5.18. The number of ether oxygens (including phenoxy) is 1. The minimum absolute atomic E-state index is 0.238. The molecule has 80 valence electrons. The Morgan fingerprint density at radius 3 is 2.43 bits per heavy atom. The van der Waals surface area contributed by atoms with Crippen LogP contribution in [0.2, 0.25) is 0 Å². The van der Waals surface area contributed by atoms with Crippen LogP contribution in [0, 0.1) is 10.8 Å². The van der Waals surface area contributed by atoms with Crippen molar-refractivity contribution < 1.29 is 9.53 Å². The first-order valence-corrected chi connectivity index (χ1v) is 5.22. The highest BCUT2D eigenvalue weighted by molar-refractivity contribution is 5.81. The van der Waals surface area contributed by atoms with Crippen molar-refractivity contribution in [3.63, 3.8) is 0 Å². The maximum absolute atomic E-state index is 10.9. The molecule has 0 bridgehead atoms. The Morgan fingerprint density at radius 1 is 1.50 bits per heavy atom. The summed E-state index contributed by atoms with van der Waals surface area (Å²) in [5.41, 5.74) is 0.665. The molecule has 0 aromatic heterocycles. The van der Waals surface area contributed by atoms with Gasteiger partial charge in [0, 0.05) is 11.5 Å². The standard InChI is InChI=1S/C12H20O2/c1-5-10(13)14-9-12(6-2)7-11(3,4)8-12/h5H,1,6-9H2,2-4H3. The van der Waals surface area contributed by atoms with Crippen molar-refractivity contribution in [3.8, 4) is 0 Å². The van der Waals surface area contributed by atoms with Crippen LogP contribution < -0.4 is 0 Å². The van der Waals surface area contributed by atoms with Crippen LogP contribution >= 0.6 is 0 Å². The number of carbonyl (C=O) groups is 1. The van der Waals surface area contributed by atoms with E-state index in [4.69, 9.17) is 4.74 Å². The second-order valence-electron chi connectivity index (χ2n) is 5.18. The summed E-state index contributed by atoms with van der Waals surface area (Å²) in [6.07, 6.45) is 4.62. The fourth-order valence-electron chi connectivity index (χ4n) is 2.72. The first-order valence-electron chi connectivity index (χ1n) is 5.22. The molecule has 2 heteroatoms. The highest BCUT2D eigenvalue weighted by Crippen LogP contribution is 2.55. The van der Waals surface area contributed by atoms with Crippen molar-refractivity contribution in [3.05, 3.63) is 12.7 Å². The van der Waals surface area contributed by atoms with Gasteiger partial charge in [-0.3, -0.25) is 0 Å². The topological polar surface area (TPSA) is 26.3 Å². The fourth-order valence-corrected chi connectivity index (χ4v) is 2.72. The summed E-state index contributed by atoms with van der Waals surface area (Å²) in [7, 11) is 0. The molecule has 0 spiro atoms. The van der Waals surface area contributed by atoms with Gasteiger partial charge in [0.05, 0.1) is 6.61 Å². The molecule has 0 saturated heterocycles. The lowest BCUT2D eigenvalue weighted by Gasteiger charge is -2.52. The summed E-state index contributed by atoms with van der Waals surface area (Å²) < 4.78 is 5.13. The van der Waals surface area contributed by atoms with Crippen LogP contribution in [0.5, 0.6) is 0 Å². The summed E-state index contributed by atoms with van der Waals surface area (Å²) >= 11 is 0. The van der Waals surface area contributed by atoms with Gasteiger partial charge in [-0.05, 0) is 24.7 Å². The second kappa shape index (κ2) is 3.76. The molecule has 1 rings (SSSR count). The van der Waals surface area contributed by atoms with Gasteiger partial charge in [0.25, 0.3) is 0 Å². The van der Waals surface area contributed by atoms with Crippen LogP contribution in [0.1, 0.15) is 40.0 Å². The number of esters is 1. The maximum atomic E-state index is 10.9. The van der Waals surface area contributed by atoms with Crippen LogP contribution in [-0.2, 0) is 9.53 Å². The van der Waals surface area contributed by atoms with Crippen molar-refractivity contribution in [1.29, 1.82) is 0 Å². The van der Waals surface area contributed by atoms with E-state index in [0.717, 1.165) is 19.3 Å². The monoisotopic (exact) mass is 196 g/mol. The smallest absolute Gasteiger partial charge is 0.330 e. The highest BCUT2D eigenvalue weighted by atomic mass is 16.5. The number of carbonyl (C=O) groups excluding carboxylic acids is 1. The van der Waals surface area contributed by atoms with Crippen molar-refractivity contribution in [2.75, 3.05) is 6.61 Å². The number of rotatable bonds is 4. The zero-order valence-corrected chi connectivity index (χ0v) is 9.43. The molecule has 2 nitrogen and oxygen atoms in total. The van der Waals surface area contributed by atoms with Gasteiger partial charge in [0.2, 0.25) is 0 Å². The van der Waals surface area contributed by atoms with Crippen LogP contribution in [-0.4, -0.2) is 12.6 Å². The quantitative estimate of drug-likeness (QED) is 0.510. The molecule has 0 aromatic carbocycles. The van der Waals surface area contributed by atoms with E-state index in [1.165, 1.54) is 6.08 Å². The Kier molecular flexibility index (Phi) is 3.03. The highest BCUT2D eigenvalue weighted by Gasteiger charge is 2.48. The Hall–Kier alpha value is -0.790. The average molecular weight is 196 g/mol. The summed E-state index contributed by atoms with van der Waals surface area (Å²) in [4.78, 5) is 10.9. The predicted molar refractivity (Wildman–Crippen MR) is 56.9 cm³/mol. The van der Waals surface area contributed by atoms with Crippen LogP contribution in [0.15, 0.2) is 12.7 Å². The van der Waals surface area contributed by atoms with E-state index >= 15 is 0 Å². The molecule has 0 N–H and O–H groups in total. The third kappa shape index (κ3) is 2.37. The molecule has 0 aromatic rings. The fraction of sp³-hybridized carbons (Fsp3) is 0.750. The Bertz CT molecular complexity index is 233. The van der Waals surface area contributed by atoms with Gasteiger partial charge in [-0.15, -0.1) is 0 Å². The molecule has 0 atom stereocenters. The van der Waals surface area contributed by atoms with Gasteiger partial charge < -0.3 is 4.74 Å². The van der Waals surface area contributed by atoms with Crippen LogP contribution in [0.4, 0.5) is 0 Å². The van der Waals surface area contributed by atoms with Gasteiger partial charge in [-0.25, -0.2) is 4.79 Å². The largest absolute Gasteiger partial charge is 0.462 e. The van der Waals surface area contributed by atoms with Crippen molar-refractivity contribution in [2.24, 2.45) is 10.8 Å². The lowest BCUT2D eigenvalue weighted by atomic mass is 9.54. The normalized spacial score (nSPS) is 22.2. The molecule has 1 aliphatic carbocycles. The van der Waals surface area contributed by atoms with E-state index in [9.17, 15) is 4.79 Å². The first kappa shape index (κ1) is 11.3. The number of hydrogen-bond acceptors (Lipinski definition) is 2. The van der Waals surface area contributed by atoms with E-state index in [1.807, 2.05) is 0 Å². The van der Waals surface area contributed by atoms with Gasteiger partial charge in [-0.2, -0.15) is 0 Å². The van der Waals surface area contributed by atoms with Crippen molar-refractivity contribution in [1.82, 2.24) is 0 Å². The molecule has 1 aliphatic rings. The molecule has 1 fully saturated rings. The summed E-state index contributed by atoms with van der Waals surface area (Å²) in [6.45, 7) is 10.6.